The van der Waals surface area contributed by atoms with E-state index in [4.69, 9.17) is 9.47 Å². The van der Waals surface area contributed by atoms with Gasteiger partial charge < -0.3 is 14.6 Å². The lowest BCUT2D eigenvalue weighted by molar-refractivity contribution is -0.234. The van der Waals surface area contributed by atoms with Crippen LogP contribution in [0.5, 0.6) is 0 Å². The van der Waals surface area contributed by atoms with E-state index in [0.29, 0.717) is 5.92 Å². The summed E-state index contributed by atoms with van der Waals surface area (Å²) in [6, 6.07) is 0. The second-order valence-electron chi connectivity index (χ2n) is 4.45. The van der Waals surface area contributed by atoms with Gasteiger partial charge in [-0.15, -0.1) is 0 Å². The molecule has 0 saturated carbocycles. The molecule has 5 atom stereocenters. The smallest absolute Gasteiger partial charge is 0.302 e. The van der Waals surface area contributed by atoms with E-state index < -0.39 is 6.29 Å². The fraction of sp³-hybridized carbons (Fsp3) is 0.909. The normalized spacial score (nSPS) is 41.3. The first-order chi connectivity index (χ1) is 6.93. The number of aliphatic hydroxyl groups excluding tert-OH is 1. The number of rotatable bonds is 2. The highest BCUT2D eigenvalue weighted by molar-refractivity contribution is 5.65. The second kappa shape index (κ2) is 4.94. The number of hydrogen-bond acceptors (Lipinski definition) is 4. The van der Waals surface area contributed by atoms with Crippen molar-refractivity contribution < 1.29 is 19.4 Å². The van der Waals surface area contributed by atoms with E-state index in [1.807, 2.05) is 6.92 Å². The minimum Gasteiger partial charge on any atom is -0.463 e. The molecule has 1 N–H and O–H groups in total. The van der Waals surface area contributed by atoms with Gasteiger partial charge in [0.1, 0.15) is 6.61 Å². The lowest BCUT2D eigenvalue weighted by atomic mass is 9.79. The van der Waals surface area contributed by atoms with Crippen LogP contribution in [0.2, 0.25) is 0 Å². The predicted molar refractivity (Wildman–Crippen MR) is 55.0 cm³/mol. The lowest BCUT2D eigenvalue weighted by Crippen LogP contribution is -2.46. The van der Waals surface area contributed by atoms with E-state index in [0.717, 1.165) is 0 Å². The fourth-order valence-electron chi connectivity index (χ4n) is 1.89. The number of esters is 1. The Bertz CT molecular complexity index is 229. The third kappa shape index (κ3) is 2.92. The van der Waals surface area contributed by atoms with Crippen LogP contribution in [0.1, 0.15) is 27.7 Å². The van der Waals surface area contributed by atoms with Gasteiger partial charge in [-0.25, -0.2) is 0 Å². The molecule has 0 amide bonds. The molecule has 15 heavy (non-hydrogen) atoms. The molecule has 88 valence electrons. The van der Waals surface area contributed by atoms with Gasteiger partial charge in [-0.05, 0) is 11.8 Å². The van der Waals surface area contributed by atoms with Crippen molar-refractivity contribution in [3.63, 3.8) is 0 Å². The zero-order chi connectivity index (χ0) is 11.6. The van der Waals surface area contributed by atoms with Crippen LogP contribution in [0.25, 0.3) is 0 Å². The molecule has 1 fully saturated rings. The average molecular weight is 216 g/mol. The topological polar surface area (TPSA) is 55.8 Å². The molecule has 0 aliphatic carbocycles. The summed E-state index contributed by atoms with van der Waals surface area (Å²) in [6.45, 7) is 7.71. The lowest BCUT2D eigenvalue weighted by Gasteiger charge is -2.41. The van der Waals surface area contributed by atoms with Gasteiger partial charge in [0.2, 0.25) is 0 Å². The maximum Gasteiger partial charge on any atom is 0.302 e. The van der Waals surface area contributed by atoms with Crippen LogP contribution in [-0.4, -0.2) is 30.1 Å². The van der Waals surface area contributed by atoms with Crippen molar-refractivity contribution in [1.82, 2.24) is 0 Å². The van der Waals surface area contributed by atoms with Crippen LogP contribution >= 0.6 is 0 Å². The van der Waals surface area contributed by atoms with Gasteiger partial charge in [0.15, 0.2) is 6.29 Å². The molecule has 1 saturated heterocycles. The maximum absolute atomic E-state index is 10.7. The molecule has 0 aromatic rings. The monoisotopic (exact) mass is 216 g/mol. The van der Waals surface area contributed by atoms with Crippen LogP contribution in [0.4, 0.5) is 0 Å². The molecule has 0 aromatic carbocycles. The Balaban J connectivity index is 2.54. The minimum atomic E-state index is -0.753. The first-order valence-electron chi connectivity index (χ1n) is 5.40. The van der Waals surface area contributed by atoms with Crippen LogP contribution < -0.4 is 0 Å². The largest absolute Gasteiger partial charge is 0.463 e. The Morgan fingerprint density at radius 1 is 1.27 bits per heavy atom. The van der Waals surface area contributed by atoms with Crippen LogP contribution in [-0.2, 0) is 14.3 Å². The summed E-state index contributed by atoms with van der Waals surface area (Å²) in [4.78, 5) is 10.7. The molecule has 0 bridgehead atoms. The van der Waals surface area contributed by atoms with Crippen LogP contribution in [0.3, 0.4) is 0 Å². The highest BCUT2D eigenvalue weighted by Crippen LogP contribution is 2.33. The Morgan fingerprint density at radius 2 is 1.87 bits per heavy atom. The SMILES string of the molecule is CC(=O)OCC1OC(O)C(C)[C@@H](C)[C@@H]1C. The van der Waals surface area contributed by atoms with Crippen LogP contribution in [0.15, 0.2) is 0 Å². The molecule has 1 aliphatic heterocycles. The summed E-state index contributed by atoms with van der Waals surface area (Å²) in [5, 5.41) is 9.64. The molecule has 1 rings (SSSR count). The Kier molecular flexibility index (Phi) is 4.11. The van der Waals surface area contributed by atoms with Crippen LogP contribution in [0, 0.1) is 17.8 Å². The van der Waals surface area contributed by atoms with E-state index in [9.17, 15) is 9.90 Å². The molecular weight excluding hydrogens is 196 g/mol. The molecule has 0 aromatic heterocycles. The summed E-state index contributed by atoms with van der Waals surface area (Å²) in [5.41, 5.74) is 0. The molecule has 4 heteroatoms. The van der Waals surface area contributed by atoms with Crippen molar-refractivity contribution in [1.29, 1.82) is 0 Å². The first kappa shape index (κ1) is 12.5. The maximum atomic E-state index is 10.7. The summed E-state index contributed by atoms with van der Waals surface area (Å²) >= 11 is 0. The van der Waals surface area contributed by atoms with Crippen molar-refractivity contribution in [3.05, 3.63) is 0 Å². The third-order valence-corrected chi connectivity index (χ3v) is 3.46. The summed E-state index contributed by atoms with van der Waals surface area (Å²) in [7, 11) is 0. The summed E-state index contributed by atoms with van der Waals surface area (Å²) in [5.74, 6) is 0.442. The standard InChI is InChI=1S/C11H20O4/c1-6-7(2)10(5-14-9(4)12)15-11(13)8(6)3/h6-8,10-11,13H,5H2,1-4H3/t6-,7-,8?,10?,11?/m0/s1. The van der Waals surface area contributed by atoms with Gasteiger partial charge in [-0.2, -0.15) is 0 Å². The molecule has 4 nitrogen and oxygen atoms in total. The molecule has 0 spiro atoms. The zero-order valence-corrected chi connectivity index (χ0v) is 9.77. The highest BCUT2D eigenvalue weighted by Gasteiger charge is 2.38. The molecule has 3 unspecified atom stereocenters. The minimum absolute atomic E-state index is 0.119. The van der Waals surface area contributed by atoms with Crippen molar-refractivity contribution in [2.75, 3.05) is 6.61 Å². The van der Waals surface area contributed by atoms with Gasteiger partial charge in [0, 0.05) is 12.8 Å². The number of carbonyl (C=O) groups excluding carboxylic acids is 1. The molecule has 1 heterocycles. The van der Waals surface area contributed by atoms with Crippen molar-refractivity contribution in [2.24, 2.45) is 17.8 Å². The van der Waals surface area contributed by atoms with Gasteiger partial charge in [-0.1, -0.05) is 20.8 Å². The van der Waals surface area contributed by atoms with E-state index in [1.165, 1.54) is 6.92 Å². The van der Waals surface area contributed by atoms with E-state index >= 15 is 0 Å². The van der Waals surface area contributed by atoms with Crippen molar-refractivity contribution in [3.8, 4) is 0 Å². The number of carbonyl (C=O) groups is 1. The molecular formula is C11H20O4. The average Bonchev–Trinajstić information content (AvgIpc) is 2.18. The fourth-order valence-corrected chi connectivity index (χ4v) is 1.89. The zero-order valence-electron chi connectivity index (χ0n) is 9.77. The highest BCUT2D eigenvalue weighted by atomic mass is 16.6. The van der Waals surface area contributed by atoms with E-state index in [-0.39, 0.29) is 30.5 Å². The Hall–Kier alpha value is -0.610. The van der Waals surface area contributed by atoms with Crippen molar-refractivity contribution in [2.45, 2.75) is 40.1 Å². The first-order valence-corrected chi connectivity index (χ1v) is 5.40. The Labute approximate surface area is 90.6 Å². The van der Waals surface area contributed by atoms with Gasteiger partial charge in [0.05, 0.1) is 6.10 Å². The van der Waals surface area contributed by atoms with Gasteiger partial charge >= 0.3 is 5.97 Å². The van der Waals surface area contributed by atoms with Gasteiger partial charge in [-0.3, -0.25) is 4.79 Å². The number of ether oxygens (including phenoxy) is 2. The molecule has 0 radical (unpaired) electrons. The Morgan fingerprint density at radius 3 is 2.40 bits per heavy atom. The van der Waals surface area contributed by atoms with Crippen molar-refractivity contribution >= 4 is 5.97 Å². The molecule has 1 aliphatic rings. The number of hydrogen-bond donors (Lipinski definition) is 1. The third-order valence-electron chi connectivity index (χ3n) is 3.46. The quantitative estimate of drug-likeness (QED) is 0.704. The number of aliphatic hydroxyl groups is 1. The van der Waals surface area contributed by atoms with E-state index in [1.54, 1.807) is 0 Å². The van der Waals surface area contributed by atoms with E-state index in [2.05, 4.69) is 13.8 Å². The summed E-state index contributed by atoms with van der Waals surface area (Å²) in [6.07, 6.45) is -0.952. The van der Waals surface area contributed by atoms with Gasteiger partial charge in [0.25, 0.3) is 0 Å². The second-order valence-corrected chi connectivity index (χ2v) is 4.45. The summed E-state index contributed by atoms with van der Waals surface area (Å²) < 4.78 is 10.3. The predicted octanol–water partition coefficient (Wildman–Crippen LogP) is 1.17.